The predicted octanol–water partition coefficient (Wildman–Crippen LogP) is 1.03. The van der Waals surface area contributed by atoms with E-state index in [0.29, 0.717) is 0 Å². The smallest absolute Gasteiger partial charge is 0.155 e. The first-order valence-corrected chi connectivity index (χ1v) is 2.01. The van der Waals surface area contributed by atoms with E-state index in [1.807, 2.05) is 0 Å². The maximum atomic E-state index is 10.0. The second kappa shape index (κ2) is 5.09. The molecule has 2 nitrogen and oxygen atoms in total. The van der Waals surface area contributed by atoms with Gasteiger partial charge in [-0.2, -0.15) is 0 Å². The first-order valence-electron chi connectivity index (χ1n) is 2.01. The second-order valence-electron chi connectivity index (χ2n) is 1.40. The Bertz CT molecular complexity index is 103. The van der Waals surface area contributed by atoms with Crippen LogP contribution >= 0.6 is 0 Å². The van der Waals surface area contributed by atoms with Gasteiger partial charge in [0.25, 0.3) is 0 Å². The van der Waals surface area contributed by atoms with Gasteiger partial charge in [0.15, 0.2) is 5.78 Å². The Kier molecular flexibility index (Phi) is 6.91. The van der Waals surface area contributed by atoms with E-state index >= 15 is 0 Å². The van der Waals surface area contributed by atoms with Gasteiger partial charge in [-0.05, 0) is 13.8 Å². The van der Waals surface area contributed by atoms with Crippen molar-refractivity contribution in [2.24, 2.45) is 0 Å². The van der Waals surface area contributed by atoms with Crippen molar-refractivity contribution in [2.75, 3.05) is 0 Å². The van der Waals surface area contributed by atoms with Crippen LogP contribution in [0.5, 0.6) is 0 Å². The zero-order valence-electron chi connectivity index (χ0n) is 4.73. The van der Waals surface area contributed by atoms with Crippen LogP contribution in [0, 0.1) is 0 Å². The van der Waals surface area contributed by atoms with Gasteiger partial charge < -0.3 is 5.11 Å². The summed E-state index contributed by atoms with van der Waals surface area (Å²) in [5, 5.41) is 8.36. The van der Waals surface area contributed by atoms with Crippen LogP contribution in [0.4, 0.5) is 0 Å². The summed E-state index contributed by atoms with van der Waals surface area (Å²) in [4.78, 5) is 10.0. The molecule has 0 heterocycles. The van der Waals surface area contributed by atoms with Crippen molar-refractivity contribution in [1.82, 2.24) is 0 Å². The zero-order valence-corrected chi connectivity index (χ0v) is 6.22. The molecule has 1 radical (unpaired) electrons. The summed E-state index contributed by atoms with van der Waals surface area (Å²) in [7, 11) is 0. The molecule has 0 aliphatic rings. The van der Waals surface area contributed by atoms with Crippen LogP contribution < -0.4 is 0 Å². The Morgan fingerprint density at radius 1 is 1.50 bits per heavy atom. The van der Waals surface area contributed by atoms with Crippen LogP contribution in [0.25, 0.3) is 0 Å². The van der Waals surface area contributed by atoms with Crippen LogP contribution in [-0.2, 0) is 27.2 Å². The van der Waals surface area contributed by atoms with Crippen molar-refractivity contribution in [1.29, 1.82) is 0 Å². The van der Waals surface area contributed by atoms with Crippen molar-refractivity contribution in [3.63, 3.8) is 0 Å². The largest absolute Gasteiger partial charge is 0.512 e. The number of rotatable bonds is 1. The normalized spacial score (nSPS) is 10.0. The third kappa shape index (κ3) is 9.34. The summed E-state index contributed by atoms with van der Waals surface area (Å²) in [6.07, 6.45) is 1.17. The Hall–Kier alpha value is -0.0497. The molecule has 0 unspecified atom stereocenters. The third-order valence-corrected chi connectivity index (χ3v) is 0.412. The maximum absolute atomic E-state index is 10.0. The SMILES string of the molecule is CC(=O)/C=C(/C)O.[Ag]. The molecule has 0 saturated heterocycles. The molecule has 0 aromatic heterocycles. The number of allylic oxidation sites excluding steroid dienone is 2. The molecule has 0 aliphatic carbocycles. The minimum absolute atomic E-state index is 0. The van der Waals surface area contributed by atoms with Gasteiger partial charge in [-0.25, -0.2) is 0 Å². The standard InChI is InChI=1S/C5H8O2.Ag/c1-4(6)3-5(2)7;/h3,6H,1-2H3;/b4-3-;. The van der Waals surface area contributed by atoms with Crippen molar-refractivity contribution < 1.29 is 32.3 Å². The fourth-order valence-corrected chi connectivity index (χ4v) is 0.294. The fourth-order valence-electron chi connectivity index (χ4n) is 0.294. The molecule has 0 aliphatic heterocycles. The molecule has 0 bridgehead atoms. The van der Waals surface area contributed by atoms with E-state index in [1.165, 1.54) is 19.9 Å². The van der Waals surface area contributed by atoms with E-state index in [1.54, 1.807) is 0 Å². The quantitative estimate of drug-likeness (QED) is 0.397. The van der Waals surface area contributed by atoms with E-state index in [0.717, 1.165) is 0 Å². The summed E-state index contributed by atoms with van der Waals surface area (Å²) in [6, 6.07) is 0. The van der Waals surface area contributed by atoms with Crippen molar-refractivity contribution >= 4 is 5.78 Å². The minimum Gasteiger partial charge on any atom is -0.512 e. The predicted molar refractivity (Wildman–Crippen MR) is 27.1 cm³/mol. The Labute approximate surface area is 64.1 Å². The summed E-state index contributed by atoms with van der Waals surface area (Å²) in [5.41, 5.74) is 0. The van der Waals surface area contributed by atoms with Gasteiger partial charge in [-0.3, -0.25) is 4.79 Å². The van der Waals surface area contributed by atoms with Crippen LogP contribution in [0.15, 0.2) is 11.8 Å². The molecule has 0 fully saturated rings. The third-order valence-electron chi connectivity index (χ3n) is 0.412. The number of carbonyl (C=O) groups excluding carboxylic acids is 1. The summed E-state index contributed by atoms with van der Waals surface area (Å²) in [5.74, 6) is -0.0625. The molecular weight excluding hydrogens is 200 g/mol. The Balaban J connectivity index is 0. The minimum atomic E-state index is -0.125. The molecule has 0 aromatic carbocycles. The number of hydrogen-bond acceptors (Lipinski definition) is 2. The average Bonchev–Trinajstić information content (AvgIpc) is 1.27. The molecule has 0 spiro atoms. The number of aliphatic hydroxyl groups excluding tert-OH is 1. The average molecular weight is 208 g/mol. The van der Waals surface area contributed by atoms with Crippen molar-refractivity contribution in [2.45, 2.75) is 13.8 Å². The van der Waals surface area contributed by atoms with E-state index in [4.69, 9.17) is 5.11 Å². The molecule has 1 N–H and O–H groups in total. The number of aliphatic hydroxyl groups is 1. The summed E-state index contributed by atoms with van der Waals surface area (Å²) >= 11 is 0. The zero-order chi connectivity index (χ0) is 5.86. The van der Waals surface area contributed by atoms with Gasteiger partial charge in [0.1, 0.15) is 0 Å². The molecule has 0 atom stereocenters. The fraction of sp³-hybridized carbons (Fsp3) is 0.400. The second-order valence-corrected chi connectivity index (χ2v) is 1.40. The van der Waals surface area contributed by atoms with Crippen LogP contribution in [0.2, 0.25) is 0 Å². The first-order chi connectivity index (χ1) is 3.13. The van der Waals surface area contributed by atoms with E-state index in [2.05, 4.69) is 0 Å². The topological polar surface area (TPSA) is 37.3 Å². The van der Waals surface area contributed by atoms with E-state index < -0.39 is 0 Å². The number of carbonyl (C=O) groups is 1. The Morgan fingerprint density at radius 2 is 1.88 bits per heavy atom. The molecule has 0 aromatic rings. The monoisotopic (exact) mass is 207 g/mol. The summed E-state index contributed by atoms with van der Waals surface area (Å²) in [6.45, 7) is 2.85. The van der Waals surface area contributed by atoms with E-state index in [-0.39, 0.29) is 33.9 Å². The van der Waals surface area contributed by atoms with Gasteiger partial charge in [0.2, 0.25) is 0 Å². The van der Waals surface area contributed by atoms with Crippen LogP contribution in [0.1, 0.15) is 13.8 Å². The summed E-state index contributed by atoms with van der Waals surface area (Å²) < 4.78 is 0. The van der Waals surface area contributed by atoms with Crippen molar-refractivity contribution in [3.05, 3.63) is 11.8 Å². The van der Waals surface area contributed by atoms with Gasteiger partial charge in [0, 0.05) is 28.5 Å². The molecular formula is C5H8AgO2. The van der Waals surface area contributed by atoms with Gasteiger partial charge in [-0.15, -0.1) is 0 Å². The first kappa shape index (κ1) is 10.8. The molecule has 8 heavy (non-hydrogen) atoms. The van der Waals surface area contributed by atoms with Gasteiger partial charge in [-0.1, -0.05) is 0 Å². The van der Waals surface area contributed by atoms with Crippen LogP contribution in [-0.4, -0.2) is 10.9 Å². The number of ketones is 1. The molecule has 0 amide bonds. The van der Waals surface area contributed by atoms with Gasteiger partial charge >= 0.3 is 0 Å². The van der Waals surface area contributed by atoms with Crippen molar-refractivity contribution in [3.8, 4) is 0 Å². The molecule has 0 rings (SSSR count). The Morgan fingerprint density at radius 3 is 1.88 bits per heavy atom. The molecule has 3 heteroatoms. The van der Waals surface area contributed by atoms with Crippen LogP contribution in [0.3, 0.4) is 0 Å². The maximum Gasteiger partial charge on any atom is 0.155 e. The van der Waals surface area contributed by atoms with Gasteiger partial charge in [0.05, 0.1) is 5.76 Å². The molecule has 51 valence electrons. The van der Waals surface area contributed by atoms with E-state index in [9.17, 15) is 4.79 Å². The molecule has 0 saturated carbocycles. The number of hydrogen-bond donors (Lipinski definition) is 1.